The molecule has 0 heterocycles. The van der Waals surface area contributed by atoms with E-state index < -0.39 is 23.8 Å². The lowest BCUT2D eigenvalue weighted by molar-refractivity contribution is -0.308. The summed E-state index contributed by atoms with van der Waals surface area (Å²) in [7, 11) is 1.54. The van der Waals surface area contributed by atoms with Crippen molar-refractivity contribution in [3.05, 3.63) is 71.4 Å². The van der Waals surface area contributed by atoms with Crippen molar-refractivity contribution >= 4 is 23.9 Å². The molecule has 2 aromatic carbocycles. The fourth-order valence-corrected chi connectivity index (χ4v) is 2.73. The molecule has 0 saturated heterocycles. The van der Waals surface area contributed by atoms with Crippen LogP contribution in [-0.2, 0) is 9.59 Å². The molecular formula is C23H25N2O5-. The highest BCUT2D eigenvalue weighted by Crippen LogP contribution is 2.14. The van der Waals surface area contributed by atoms with Crippen LogP contribution in [0, 0.1) is 5.92 Å². The maximum absolute atomic E-state index is 12.8. The lowest BCUT2D eigenvalue weighted by Crippen LogP contribution is -2.50. The zero-order chi connectivity index (χ0) is 22.1. The first-order chi connectivity index (χ1) is 14.3. The second kappa shape index (κ2) is 10.8. The van der Waals surface area contributed by atoms with E-state index in [9.17, 15) is 19.5 Å². The Morgan fingerprint density at radius 1 is 1.03 bits per heavy atom. The number of nitrogens with one attached hydrogen (secondary N) is 2. The van der Waals surface area contributed by atoms with Gasteiger partial charge < -0.3 is 25.3 Å². The predicted molar refractivity (Wildman–Crippen MR) is 111 cm³/mol. The van der Waals surface area contributed by atoms with E-state index in [-0.39, 0.29) is 18.0 Å². The minimum absolute atomic E-state index is 0.0288. The highest BCUT2D eigenvalue weighted by molar-refractivity contribution is 6.06. The molecule has 0 bridgehead atoms. The second-order valence-corrected chi connectivity index (χ2v) is 7.13. The van der Waals surface area contributed by atoms with Crippen molar-refractivity contribution in [1.29, 1.82) is 0 Å². The lowest BCUT2D eigenvalue weighted by Gasteiger charge is -2.22. The van der Waals surface area contributed by atoms with Gasteiger partial charge in [0.05, 0.1) is 19.1 Å². The molecule has 7 nitrogen and oxygen atoms in total. The third kappa shape index (κ3) is 6.77. The minimum Gasteiger partial charge on any atom is -0.548 e. The van der Waals surface area contributed by atoms with Crippen LogP contribution in [0.25, 0.3) is 6.08 Å². The van der Waals surface area contributed by atoms with Crippen LogP contribution in [0.3, 0.4) is 0 Å². The number of hydrogen-bond acceptors (Lipinski definition) is 5. The number of rotatable bonds is 9. The molecule has 2 rings (SSSR count). The lowest BCUT2D eigenvalue weighted by atomic mass is 10.0. The molecule has 1 atom stereocenters. The van der Waals surface area contributed by atoms with E-state index in [1.165, 1.54) is 6.08 Å². The number of aliphatic carboxylic acids is 1. The van der Waals surface area contributed by atoms with E-state index in [0.29, 0.717) is 16.9 Å². The number of benzene rings is 2. The zero-order valence-corrected chi connectivity index (χ0v) is 17.2. The highest BCUT2D eigenvalue weighted by Gasteiger charge is 2.20. The molecule has 0 aliphatic carbocycles. The summed E-state index contributed by atoms with van der Waals surface area (Å²) in [6, 6.07) is 14.1. The molecule has 0 unspecified atom stereocenters. The number of amides is 2. The van der Waals surface area contributed by atoms with E-state index in [1.807, 2.05) is 13.8 Å². The van der Waals surface area contributed by atoms with Gasteiger partial charge in [-0.25, -0.2) is 0 Å². The molecule has 2 amide bonds. The molecular weight excluding hydrogens is 384 g/mol. The number of carboxylic acids is 1. The molecule has 158 valence electrons. The number of methoxy groups -OCH3 is 1. The summed E-state index contributed by atoms with van der Waals surface area (Å²) in [5.41, 5.74) is 0.914. The van der Waals surface area contributed by atoms with Crippen molar-refractivity contribution in [3.8, 4) is 5.75 Å². The minimum atomic E-state index is -1.38. The van der Waals surface area contributed by atoms with Gasteiger partial charge in [-0.1, -0.05) is 44.2 Å². The smallest absolute Gasteiger partial charge is 0.268 e. The van der Waals surface area contributed by atoms with Crippen molar-refractivity contribution in [1.82, 2.24) is 10.6 Å². The molecule has 2 N–H and O–H groups in total. The number of carbonyl (C=O) groups excluding carboxylic acids is 3. The second-order valence-electron chi connectivity index (χ2n) is 7.13. The van der Waals surface area contributed by atoms with Crippen LogP contribution < -0.4 is 20.5 Å². The fraction of sp³-hybridized carbons (Fsp3) is 0.261. The van der Waals surface area contributed by atoms with Gasteiger partial charge in [-0.15, -0.1) is 0 Å². The molecule has 0 aromatic heterocycles. The SMILES string of the molecule is COc1ccc(/C=C(/NC(=O)c2ccccc2)C(=O)N[C@@H](CC(C)C)C(=O)[O-])cc1. The zero-order valence-electron chi connectivity index (χ0n) is 17.2. The quantitative estimate of drug-likeness (QED) is 0.614. The van der Waals surface area contributed by atoms with Crippen molar-refractivity contribution in [2.75, 3.05) is 7.11 Å². The van der Waals surface area contributed by atoms with Gasteiger partial charge in [-0.3, -0.25) is 9.59 Å². The third-order valence-corrected chi connectivity index (χ3v) is 4.25. The first-order valence-electron chi connectivity index (χ1n) is 9.54. The number of hydrogen-bond donors (Lipinski definition) is 2. The molecule has 0 aliphatic heterocycles. The first kappa shape index (κ1) is 22.7. The number of carboxylic acid groups (broad SMARTS) is 1. The summed E-state index contributed by atoms with van der Waals surface area (Å²) in [5.74, 6) is -1.92. The molecule has 2 aromatic rings. The van der Waals surface area contributed by atoms with Crippen molar-refractivity contribution in [2.45, 2.75) is 26.3 Å². The van der Waals surface area contributed by atoms with Crippen LogP contribution in [0.15, 0.2) is 60.3 Å². The summed E-state index contributed by atoms with van der Waals surface area (Å²) in [6.07, 6.45) is 1.67. The first-order valence-corrected chi connectivity index (χ1v) is 9.54. The number of carbonyl (C=O) groups is 3. The Morgan fingerprint density at radius 3 is 2.20 bits per heavy atom. The van der Waals surface area contributed by atoms with Crippen molar-refractivity contribution < 1.29 is 24.2 Å². The Labute approximate surface area is 175 Å². The van der Waals surface area contributed by atoms with Crippen LogP contribution in [0.4, 0.5) is 0 Å². The van der Waals surface area contributed by atoms with Gasteiger partial charge in [0.15, 0.2) is 0 Å². The van der Waals surface area contributed by atoms with Crippen molar-refractivity contribution in [3.63, 3.8) is 0 Å². The van der Waals surface area contributed by atoms with E-state index in [2.05, 4.69) is 10.6 Å². The van der Waals surface area contributed by atoms with Crippen LogP contribution in [0.5, 0.6) is 5.75 Å². The Kier molecular flexibility index (Phi) is 8.17. The monoisotopic (exact) mass is 409 g/mol. The van der Waals surface area contributed by atoms with Gasteiger partial charge >= 0.3 is 0 Å². The largest absolute Gasteiger partial charge is 0.548 e. The van der Waals surface area contributed by atoms with Crippen LogP contribution in [0.1, 0.15) is 36.2 Å². The average Bonchev–Trinajstić information content (AvgIpc) is 2.73. The normalized spacial score (nSPS) is 12.2. The predicted octanol–water partition coefficient (Wildman–Crippen LogP) is 1.75. The van der Waals surface area contributed by atoms with Gasteiger partial charge in [0.1, 0.15) is 11.4 Å². The molecule has 0 fully saturated rings. The van der Waals surface area contributed by atoms with Crippen LogP contribution >= 0.6 is 0 Å². The van der Waals surface area contributed by atoms with Crippen LogP contribution in [0.2, 0.25) is 0 Å². The fourth-order valence-electron chi connectivity index (χ4n) is 2.73. The highest BCUT2D eigenvalue weighted by atomic mass is 16.5. The summed E-state index contributed by atoms with van der Waals surface area (Å²) in [5, 5.41) is 16.4. The summed E-state index contributed by atoms with van der Waals surface area (Å²) in [6.45, 7) is 3.68. The molecule has 0 radical (unpaired) electrons. The number of ether oxygens (including phenoxy) is 1. The van der Waals surface area contributed by atoms with E-state index in [4.69, 9.17) is 4.74 Å². The van der Waals surface area contributed by atoms with E-state index in [0.717, 1.165) is 0 Å². The Bertz CT molecular complexity index is 905. The van der Waals surface area contributed by atoms with Crippen LogP contribution in [-0.4, -0.2) is 30.9 Å². The maximum Gasteiger partial charge on any atom is 0.268 e. The molecule has 0 spiro atoms. The standard InChI is InChI=1S/C23H26N2O5/c1-15(2)13-20(23(28)29)25-22(27)19(14-16-9-11-18(30-3)12-10-16)24-21(26)17-7-5-4-6-8-17/h4-12,14-15,20H,13H2,1-3H3,(H,24,26)(H,25,27)(H,28,29)/p-1/b19-14+/t20-/m0/s1. The molecule has 0 saturated carbocycles. The third-order valence-electron chi connectivity index (χ3n) is 4.25. The average molecular weight is 409 g/mol. The Balaban J connectivity index is 2.31. The van der Waals surface area contributed by atoms with Gasteiger partial charge in [0.2, 0.25) is 0 Å². The van der Waals surface area contributed by atoms with Gasteiger partial charge in [-0.05, 0) is 48.2 Å². The van der Waals surface area contributed by atoms with Gasteiger partial charge in [0, 0.05) is 5.56 Å². The Hall–Kier alpha value is -3.61. The summed E-state index contributed by atoms with van der Waals surface area (Å²) in [4.78, 5) is 36.8. The van der Waals surface area contributed by atoms with Gasteiger partial charge in [0.25, 0.3) is 11.8 Å². The van der Waals surface area contributed by atoms with Crippen molar-refractivity contribution in [2.24, 2.45) is 5.92 Å². The topological polar surface area (TPSA) is 108 Å². The van der Waals surface area contributed by atoms with Gasteiger partial charge in [-0.2, -0.15) is 0 Å². The molecule has 0 aliphatic rings. The maximum atomic E-state index is 12.8. The van der Waals surface area contributed by atoms with E-state index >= 15 is 0 Å². The molecule has 30 heavy (non-hydrogen) atoms. The summed E-state index contributed by atoms with van der Waals surface area (Å²) < 4.78 is 5.12. The molecule has 7 heteroatoms. The summed E-state index contributed by atoms with van der Waals surface area (Å²) >= 11 is 0. The Morgan fingerprint density at radius 2 is 1.67 bits per heavy atom. The van der Waals surface area contributed by atoms with E-state index in [1.54, 1.807) is 61.7 Å².